The van der Waals surface area contributed by atoms with E-state index in [4.69, 9.17) is 15.7 Å². The van der Waals surface area contributed by atoms with Crippen LogP contribution in [0.4, 0.5) is 0 Å². The maximum Gasteiger partial charge on any atom is 0.139 e. The molecular formula is C15H20BrN3O2. The Morgan fingerprint density at radius 3 is 3.00 bits per heavy atom. The summed E-state index contributed by atoms with van der Waals surface area (Å²) in [7, 11) is 0. The molecule has 1 aromatic rings. The molecule has 0 saturated heterocycles. The minimum atomic E-state index is 0.173. The number of benzene rings is 1. The van der Waals surface area contributed by atoms with Crippen molar-refractivity contribution in [3.63, 3.8) is 0 Å². The highest BCUT2D eigenvalue weighted by Crippen LogP contribution is 2.48. The van der Waals surface area contributed by atoms with Gasteiger partial charge in [0.25, 0.3) is 0 Å². The van der Waals surface area contributed by atoms with Crippen molar-refractivity contribution in [3.05, 3.63) is 27.7 Å². The van der Waals surface area contributed by atoms with Gasteiger partial charge in [-0.1, -0.05) is 21.1 Å². The predicted octanol–water partition coefficient (Wildman–Crippen LogP) is 2.39. The molecule has 1 saturated carbocycles. The number of nitrogens with two attached hydrogens (primary N) is 1. The maximum atomic E-state index is 8.69. The van der Waals surface area contributed by atoms with Crippen LogP contribution >= 0.6 is 15.9 Å². The maximum absolute atomic E-state index is 8.69. The fraction of sp³-hybridized carbons (Fsp3) is 0.533. The van der Waals surface area contributed by atoms with Crippen LogP contribution < -0.4 is 15.8 Å². The van der Waals surface area contributed by atoms with Crippen molar-refractivity contribution < 1.29 is 9.94 Å². The SMILES string of the molecule is N/C(CC1(CNCc2cc(Br)cc3c2OCC3)CC1)=N/O. The molecule has 4 N–H and O–H groups in total. The summed E-state index contributed by atoms with van der Waals surface area (Å²) >= 11 is 3.56. The summed E-state index contributed by atoms with van der Waals surface area (Å²) in [6.07, 6.45) is 3.89. The van der Waals surface area contributed by atoms with Gasteiger partial charge in [0.15, 0.2) is 0 Å². The average molecular weight is 354 g/mol. The third kappa shape index (κ3) is 3.32. The van der Waals surface area contributed by atoms with E-state index in [0.29, 0.717) is 12.3 Å². The molecule has 0 unspecified atom stereocenters. The number of hydrogen-bond donors (Lipinski definition) is 3. The summed E-state index contributed by atoms with van der Waals surface area (Å²) in [5.41, 5.74) is 8.26. The first-order chi connectivity index (χ1) is 10.1. The first-order valence-corrected chi connectivity index (χ1v) is 8.02. The van der Waals surface area contributed by atoms with Crippen molar-refractivity contribution in [1.29, 1.82) is 0 Å². The van der Waals surface area contributed by atoms with Crippen LogP contribution in [-0.2, 0) is 13.0 Å². The first-order valence-electron chi connectivity index (χ1n) is 7.23. The number of rotatable bonds is 6. The topological polar surface area (TPSA) is 79.9 Å². The lowest BCUT2D eigenvalue weighted by Gasteiger charge is -2.16. The number of fused-ring (bicyclic) bond motifs is 1. The van der Waals surface area contributed by atoms with Crippen LogP contribution in [0.25, 0.3) is 0 Å². The third-order valence-electron chi connectivity index (χ3n) is 4.28. The second-order valence-corrected chi connectivity index (χ2v) is 6.94. The normalized spacial score (nSPS) is 19.2. The third-order valence-corrected chi connectivity index (χ3v) is 4.74. The molecule has 0 radical (unpaired) electrons. The number of nitrogens with zero attached hydrogens (tertiary/aromatic N) is 1. The van der Waals surface area contributed by atoms with Crippen LogP contribution in [0.1, 0.15) is 30.4 Å². The Labute approximate surface area is 132 Å². The minimum absolute atomic E-state index is 0.173. The van der Waals surface area contributed by atoms with Gasteiger partial charge in [0.2, 0.25) is 0 Å². The lowest BCUT2D eigenvalue weighted by molar-refractivity contribution is 0.314. The highest BCUT2D eigenvalue weighted by Gasteiger charge is 2.42. The van der Waals surface area contributed by atoms with Crippen LogP contribution in [-0.4, -0.2) is 24.2 Å². The van der Waals surface area contributed by atoms with E-state index < -0.39 is 0 Å². The molecule has 1 aromatic carbocycles. The van der Waals surface area contributed by atoms with Gasteiger partial charge < -0.3 is 21.0 Å². The van der Waals surface area contributed by atoms with Gasteiger partial charge in [0.1, 0.15) is 11.6 Å². The molecule has 2 aliphatic rings. The van der Waals surface area contributed by atoms with E-state index in [0.717, 1.165) is 49.2 Å². The minimum Gasteiger partial charge on any atom is -0.493 e. The van der Waals surface area contributed by atoms with Gasteiger partial charge in [-0.25, -0.2) is 0 Å². The largest absolute Gasteiger partial charge is 0.493 e. The molecular weight excluding hydrogens is 334 g/mol. The number of hydrogen-bond acceptors (Lipinski definition) is 4. The predicted molar refractivity (Wildman–Crippen MR) is 84.7 cm³/mol. The Balaban J connectivity index is 1.59. The molecule has 21 heavy (non-hydrogen) atoms. The molecule has 6 heteroatoms. The van der Waals surface area contributed by atoms with E-state index in [-0.39, 0.29) is 5.41 Å². The van der Waals surface area contributed by atoms with Gasteiger partial charge in [-0.3, -0.25) is 0 Å². The zero-order chi connectivity index (χ0) is 14.9. The van der Waals surface area contributed by atoms with Gasteiger partial charge in [-0.2, -0.15) is 0 Å². The highest BCUT2D eigenvalue weighted by molar-refractivity contribution is 9.10. The molecule has 114 valence electrons. The Morgan fingerprint density at radius 1 is 1.48 bits per heavy atom. The van der Waals surface area contributed by atoms with E-state index in [2.05, 4.69) is 38.5 Å². The van der Waals surface area contributed by atoms with Gasteiger partial charge in [0.05, 0.1) is 6.61 Å². The quantitative estimate of drug-likeness (QED) is 0.317. The molecule has 0 aromatic heterocycles. The highest BCUT2D eigenvalue weighted by atomic mass is 79.9. The van der Waals surface area contributed by atoms with Gasteiger partial charge in [0, 0.05) is 36.0 Å². The van der Waals surface area contributed by atoms with Crippen LogP contribution in [0.15, 0.2) is 21.8 Å². The van der Waals surface area contributed by atoms with Crippen LogP contribution in [0.5, 0.6) is 5.75 Å². The zero-order valence-corrected chi connectivity index (χ0v) is 13.4. The molecule has 0 bridgehead atoms. The summed E-state index contributed by atoms with van der Waals surface area (Å²) in [6.45, 7) is 2.43. The number of nitrogens with one attached hydrogen (secondary N) is 1. The van der Waals surface area contributed by atoms with Gasteiger partial charge in [-0.15, -0.1) is 0 Å². The Kier molecular flexibility index (Phi) is 4.08. The van der Waals surface area contributed by atoms with Crippen molar-refractivity contribution in [2.24, 2.45) is 16.3 Å². The average Bonchev–Trinajstić information content (AvgIpc) is 3.04. The molecule has 1 aliphatic heterocycles. The van der Waals surface area contributed by atoms with Crippen LogP contribution in [0, 0.1) is 5.41 Å². The number of oxime groups is 1. The smallest absolute Gasteiger partial charge is 0.139 e. The van der Waals surface area contributed by atoms with Crippen molar-refractivity contribution in [2.75, 3.05) is 13.2 Å². The molecule has 0 atom stereocenters. The number of ether oxygens (including phenoxy) is 1. The van der Waals surface area contributed by atoms with E-state index in [9.17, 15) is 0 Å². The summed E-state index contributed by atoms with van der Waals surface area (Å²) in [5.74, 6) is 1.35. The van der Waals surface area contributed by atoms with E-state index in [1.54, 1.807) is 0 Å². The monoisotopic (exact) mass is 353 g/mol. The summed E-state index contributed by atoms with van der Waals surface area (Å²) in [5, 5.41) is 15.3. The molecule has 1 fully saturated rings. The Bertz CT molecular complexity index is 570. The van der Waals surface area contributed by atoms with Crippen LogP contribution in [0.2, 0.25) is 0 Å². The molecule has 5 nitrogen and oxygen atoms in total. The summed E-state index contributed by atoms with van der Waals surface area (Å²) < 4.78 is 6.83. The second kappa shape index (κ2) is 5.85. The van der Waals surface area contributed by atoms with Gasteiger partial charge in [-0.05, 0) is 36.0 Å². The molecule has 0 amide bonds. The molecule has 3 rings (SSSR count). The Morgan fingerprint density at radius 2 is 2.29 bits per heavy atom. The molecule has 1 heterocycles. The molecule has 1 aliphatic carbocycles. The lowest BCUT2D eigenvalue weighted by atomic mass is 10.0. The van der Waals surface area contributed by atoms with E-state index in [1.807, 2.05) is 0 Å². The molecule has 0 spiro atoms. The van der Waals surface area contributed by atoms with Gasteiger partial charge >= 0.3 is 0 Å². The second-order valence-electron chi connectivity index (χ2n) is 6.02. The lowest BCUT2D eigenvalue weighted by Crippen LogP contribution is -2.28. The van der Waals surface area contributed by atoms with Crippen molar-refractivity contribution in [2.45, 2.75) is 32.2 Å². The first kappa shape index (κ1) is 14.7. The van der Waals surface area contributed by atoms with Crippen molar-refractivity contribution >= 4 is 21.8 Å². The standard InChI is InChI=1S/C15H20BrN3O2/c16-12-5-10-1-4-21-14(10)11(6-12)8-18-9-15(2-3-15)7-13(17)19-20/h5-6,18,20H,1-4,7-9H2,(H2,17,19). The summed E-state index contributed by atoms with van der Waals surface area (Å²) in [4.78, 5) is 0. The summed E-state index contributed by atoms with van der Waals surface area (Å²) in [6, 6.07) is 4.24. The fourth-order valence-electron chi connectivity index (χ4n) is 2.95. The van der Waals surface area contributed by atoms with Crippen molar-refractivity contribution in [1.82, 2.24) is 5.32 Å². The zero-order valence-electron chi connectivity index (χ0n) is 11.9. The number of amidine groups is 1. The fourth-order valence-corrected chi connectivity index (χ4v) is 3.50. The Hall–Kier alpha value is -1.27. The van der Waals surface area contributed by atoms with Crippen molar-refractivity contribution in [3.8, 4) is 5.75 Å². The van der Waals surface area contributed by atoms with Crippen LogP contribution in [0.3, 0.4) is 0 Å². The number of halogens is 1. The van der Waals surface area contributed by atoms with E-state index in [1.165, 1.54) is 11.1 Å². The van der Waals surface area contributed by atoms with E-state index >= 15 is 0 Å².